The Morgan fingerprint density at radius 2 is 2.05 bits per heavy atom. The van der Waals surface area contributed by atoms with Crippen molar-refractivity contribution < 1.29 is 9.84 Å². The first-order chi connectivity index (χ1) is 9.22. The number of benzene rings is 1. The molecule has 0 aliphatic rings. The fourth-order valence-corrected chi connectivity index (χ4v) is 1.97. The lowest BCUT2D eigenvalue weighted by Crippen LogP contribution is -2.18. The van der Waals surface area contributed by atoms with Crippen LogP contribution in [0.1, 0.15) is 24.1 Å². The van der Waals surface area contributed by atoms with Gasteiger partial charge in [0.1, 0.15) is 5.75 Å². The van der Waals surface area contributed by atoms with Gasteiger partial charge in [0.25, 0.3) is 0 Å². The van der Waals surface area contributed by atoms with E-state index >= 15 is 0 Å². The number of hydrogen-bond donors (Lipinski definition) is 2. The van der Waals surface area contributed by atoms with E-state index in [1.165, 1.54) is 0 Å². The molecule has 2 N–H and O–H groups in total. The second-order valence-corrected chi connectivity index (χ2v) is 4.33. The third kappa shape index (κ3) is 3.23. The van der Waals surface area contributed by atoms with Gasteiger partial charge in [0.2, 0.25) is 5.88 Å². The number of nitrogens with one attached hydrogen (secondary N) is 1. The van der Waals surface area contributed by atoms with E-state index in [4.69, 9.17) is 4.74 Å². The summed E-state index contributed by atoms with van der Waals surface area (Å²) in [5.41, 5.74) is 1.87. The van der Waals surface area contributed by atoms with Crippen molar-refractivity contribution in [1.29, 1.82) is 0 Å². The van der Waals surface area contributed by atoms with Crippen molar-refractivity contribution >= 4 is 0 Å². The van der Waals surface area contributed by atoms with Gasteiger partial charge < -0.3 is 15.2 Å². The first-order valence-corrected chi connectivity index (χ1v) is 6.21. The molecule has 1 aromatic carbocycles. The molecule has 0 spiro atoms. The Morgan fingerprint density at radius 3 is 2.79 bits per heavy atom. The molecule has 1 heterocycles. The van der Waals surface area contributed by atoms with E-state index in [1.54, 1.807) is 19.4 Å². The Bertz CT molecular complexity index is 543. The summed E-state index contributed by atoms with van der Waals surface area (Å²) in [6.07, 6.45) is 1.70. The Hall–Kier alpha value is -2.07. The number of pyridine rings is 1. The topological polar surface area (TPSA) is 54.4 Å². The number of para-hydroxylation sites is 1. The van der Waals surface area contributed by atoms with Crippen molar-refractivity contribution in [2.45, 2.75) is 19.5 Å². The molecule has 0 radical (unpaired) electrons. The molecule has 4 heteroatoms. The van der Waals surface area contributed by atoms with Gasteiger partial charge in [-0.2, -0.15) is 0 Å². The van der Waals surface area contributed by atoms with Crippen molar-refractivity contribution in [2.75, 3.05) is 7.11 Å². The summed E-state index contributed by atoms with van der Waals surface area (Å²) in [4.78, 5) is 4.15. The molecule has 2 aromatic rings. The highest BCUT2D eigenvalue weighted by Gasteiger charge is 2.10. The maximum absolute atomic E-state index is 9.80. The third-order valence-electron chi connectivity index (χ3n) is 3.05. The average molecular weight is 258 g/mol. The number of ether oxygens (including phenoxy) is 1. The van der Waals surface area contributed by atoms with Crippen LogP contribution >= 0.6 is 0 Å². The molecule has 0 saturated carbocycles. The summed E-state index contributed by atoms with van der Waals surface area (Å²) in [6.45, 7) is 2.64. The van der Waals surface area contributed by atoms with Crippen LogP contribution in [0.5, 0.6) is 11.6 Å². The van der Waals surface area contributed by atoms with Gasteiger partial charge in [-0.15, -0.1) is 0 Å². The predicted octanol–water partition coefficient (Wildman–Crippen LogP) is 2.65. The molecule has 0 fully saturated rings. The van der Waals surface area contributed by atoms with Crippen LogP contribution in [0.2, 0.25) is 0 Å². The van der Waals surface area contributed by atoms with Crippen molar-refractivity contribution in [2.24, 2.45) is 0 Å². The summed E-state index contributed by atoms with van der Waals surface area (Å²) in [6, 6.07) is 11.2. The second kappa shape index (κ2) is 6.20. The van der Waals surface area contributed by atoms with Crippen LogP contribution in [0.25, 0.3) is 0 Å². The number of aromatic hydroxyl groups is 1. The molecule has 1 atom stereocenters. The molecular weight excluding hydrogens is 240 g/mol. The number of phenolic OH excluding ortho intramolecular Hbond substituents is 1. The number of methoxy groups -OCH3 is 1. The van der Waals surface area contributed by atoms with E-state index in [2.05, 4.69) is 10.3 Å². The van der Waals surface area contributed by atoms with Crippen LogP contribution < -0.4 is 10.1 Å². The molecule has 100 valence electrons. The number of aromatic nitrogens is 1. The fourth-order valence-electron chi connectivity index (χ4n) is 1.97. The van der Waals surface area contributed by atoms with Gasteiger partial charge in [0.15, 0.2) is 0 Å². The Morgan fingerprint density at radius 1 is 1.26 bits per heavy atom. The van der Waals surface area contributed by atoms with Crippen LogP contribution in [-0.2, 0) is 6.54 Å². The largest absolute Gasteiger partial charge is 0.508 e. The number of hydrogen-bond acceptors (Lipinski definition) is 4. The van der Waals surface area contributed by atoms with E-state index in [-0.39, 0.29) is 6.04 Å². The zero-order valence-electron chi connectivity index (χ0n) is 11.1. The van der Waals surface area contributed by atoms with Gasteiger partial charge in [0.05, 0.1) is 7.11 Å². The molecule has 19 heavy (non-hydrogen) atoms. The highest BCUT2D eigenvalue weighted by molar-refractivity contribution is 5.34. The van der Waals surface area contributed by atoms with Gasteiger partial charge >= 0.3 is 0 Å². The Balaban J connectivity index is 2.04. The van der Waals surface area contributed by atoms with E-state index in [9.17, 15) is 5.11 Å². The minimum atomic E-state index is 0.0473. The number of nitrogens with zero attached hydrogens (tertiary/aromatic N) is 1. The van der Waals surface area contributed by atoms with Crippen molar-refractivity contribution in [3.63, 3.8) is 0 Å². The lowest BCUT2D eigenvalue weighted by atomic mass is 10.1. The maximum Gasteiger partial charge on any atom is 0.217 e. The second-order valence-electron chi connectivity index (χ2n) is 4.33. The van der Waals surface area contributed by atoms with Gasteiger partial charge in [0, 0.05) is 29.9 Å². The molecule has 2 rings (SSSR count). The number of phenols is 1. The molecule has 1 aromatic heterocycles. The fraction of sp³-hybridized carbons (Fsp3) is 0.267. The Kier molecular flexibility index (Phi) is 4.36. The van der Waals surface area contributed by atoms with Gasteiger partial charge in [-0.1, -0.05) is 24.3 Å². The van der Waals surface area contributed by atoms with E-state index in [0.717, 1.165) is 11.1 Å². The lowest BCUT2D eigenvalue weighted by Gasteiger charge is -2.16. The monoisotopic (exact) mass is 258 g/mol. The lowest BCUT2D eigenvalue weighted by molar-refractivity contribution is 0.388. The number of rotatable bonds is 5. The quantitative estimate of drug-likeness (QED) is 0.865. The van der Waals surface area contributed by atoms with Crippen LogP contribution in [-0.4, -0.2) is 17.2 Å². The smallest absolute Gasteiger partial charge is 0.217 e. The van der Waals surface area contributed by atoms with Gasteiger partial charge in [-0.3, -0.25) is 0 Å². The minimum Gasteiger partial charge on any atom is -0.508 e. The molecule has 0 saturated heterocycles. The summed E-state index contributed by atoms with van der Waals surface area (Å²) in [5.74, 6) is 0.931. The first-order valence-electron chi connectivity index (χ1n) is 6.21. The highest BCUT2D eigenvalue weighted by Crippen LogP contribution is 2.24. The van der Waals surface area contributed by atoms with Gasteiger partial charge in [-0.05, 0) is 19.1 Å². The van der Waals surface area contributed by atoms with Gasteiger partial charge in [-0.25, -0.2) is 4.98 Å². The third-order valence-corrected chi connectivity index (χ3v) is 3.05. The highest BCUT2D eigenvalue weighted by atomic mass is 16.5. The van der Waals surface area contributed by atoms with Crippen LogP contribution in [0.3, 0.4) is 0 Å². The predicted molar refractivity (Wildman–Crippen MR) is 74.2 cm³/mol. The normalized spacial score (nSPS) is 12.1. The molecule has 4 nitrogen and oxygen atoms in total. The van der Waals surface area contributed by atoms with Crippen LogP contribution in [0.4, 0.5) is 0 Å². The Labute approximate surface area is 113 Å². The average Bonchev–Trinajstić information content (AvgIpc) is 2.45. The summed E-state index contributed by atoms with van der Waals surface area (Å²) in [7, 11) is 1.61. The van der Waals surface area contributed by atoms with E-state index < -0.39 is 0 Å². The van der Waals surface area contributed by atoms with Crippen molar-refractivity contribution in [3.8, 4) is 11.6 Å². The molecule has 0 aliphatic carbocycles. The summed E-state index contributed by atoms with van der Waals surface area (Å²) in [5, 5.41) is 13.2. The molecule has 0 aliphatic heterocycles. The standard InChI is InChI=1S/C15H18N2O2/c1-11(13-7-3-4-8-14(13)18)17-10-12-6-5-9-16-15(12)19-2/h3-9,11,17-18H,10H2,1-2H3. The van der Waals surface area contributed by atoms with Crippen molar-refractivity contribution in [1.82, 2.24) is 10.3 Å². The molecule has 0 amide bonds. The van der Waals surface area contributed by atoms with Crippen LogP contribution in [0.15, 0.2) is 42.6 Å². The first kappa shape index (κ1) is 13.4. The minimum absolute atomic E-state index is 0.0473. The maximum atomic E-state index is 9.80. The zero-order chi connectivity index (χ0) is 13.7. The molecule has 1 unspecified atom stereocenters. The molecular formula is C15H18N2O2. The molecule has 0 bridgehead atoms. The SMILES string of the molecule is COc1ncccc1CNC(C)c1ccccc1O. The van der Waals surface area contributed by atoms with E-state index in [0.29, 0.717) is 18.2 Å². The summed E-state index contributed by atoms with van der Waals surface area (Å²) < 4.78 is 5.21. The van der Waals surface area contributed by atoms with Crippen molar-refractivity contribution in [3.05, 3.63) is 53.7 Å². The van der Waals surface area contributed by atoms with E-state index in [1.807, 2.05) is 37.3 Å². The summed E-state index contributed by atoms with van der Waals surface area (Å²) >= 11 is 0. The van der Waals surface area contributed by atoms with Crippen LogP contribution in [0, 0.1) is 0 Å². The zero-order valence-corrected chi connectivity index (χ0v) is 11.1.